The lowest BCUT2D eigenvalue weighted by atomic mass is 10.0. The molecule has 1 atom stereocenters. The van der Waals surface area contributed by atoms with Crippen LogP contribution in [0.2, 0.25) is 0 Å². The van der Waals surface area contributed by atoms with E-state index in [1.807, 2.05) is 18.2 Å². The molecule has 1 unspecified atom stereocenters. The minimum atomic E-state index is 0.422. The summed E-state index contributed by atoms with van der Waals surface area (Å²) in [5.74, 6) is 0. The molecule has 2 heterocycles. The second-order valence-electron chi connectivity index (χ2n) is 4.69. The SMILES string of the molecule is Nc1ccc2nc(C3CCCCN3)ccc2c1. The summed E-state index contributed by atoms with van der Waals surface area (Å²) in [4.78, 5) is 4.72. The summed E-state index contributed by atoms with van der Waals surface area (Å²) in [5, 5.41) is 4.64. The molecule has 3 N–H and O–H groups in total. The van der Waals surface area contributed by atoms with E-state index in [1.165, 1.54) is 19.3 Å². The zero-order valence-electron chi connectivity index (χ0n) is 9.82. The van der Waals surface area contributed by atoms with Gasteiger partial charge in [-0.1, -0.05) is 12.5 Å². The molecule has 0 aliphatic carbocycles. The molecular weight excluding hydrogens is 210 g/mol. The molecule has 3 heteroatoms. The van der Waals surface area contributed by atoms with E-state index in [4.69, 9.17) is 10.7 Å². The fourth-order valence-corrected chi connectivity index (χ4v) is 2.46. The first kappa shape index (κ1) is 10.5. The Hall–Kier alpha value is -1.61. The van der Waals surface area contributed by atoms with Gasteiger partial charge in [0.2, 0.25) is 0 Å². The molecule has 1 saturated heterocycles. The molecular formula is C14H17N3. The van der Waals surface area contributed by atoms with Gasteiger partial charge in [-0.2, -0.15) is 0 Å². The highest BCUT2D eigenvalue weighted by atomic mass is 14.9. The molecule has 1 aromatic heterocycles. The molecule has 88 valence electrons. The van der Waals surface area contributed by atoms with Crippen LogP contribution < -0.4 is 11.1 Å². The Kier molecular flexibility index (Phi) is 2.69. The number of nitrogens with zero attached hydrogens (tertiary/aromatic N) is 1. The van der Waals surface area contributed by atoms with E-state index in [-0.39, 0.29) is 0 Å². The van der Waals surface area contributed by atoms with Crippen LogP contribution >= 0.6 is 0 Å². The van der Waals surface area contributed by atoms with Gasteiger partial charge in [0.25, 0.3) is 0 Å². The van der Waals surface area contributed by atoms with Crippen LogP contribution in [0.5, 0.6) is 0 Å². The Morgan fingerprint density at radius 2 is 2.12 bits per heavy atom. The molecule has 0 spiro atoms. The number of hydrogen-bond acceptors (Lipinski definition) is 3. The third kappa shape index (κ3) is 2.11. The van der Waals surface area contributed by atoms with Gasteiger partial charge in [0.05, 0.1) is 11.2 Å². The van der Waals surface area contributed by atoms with E-state index >= 15 is 0 Å². The summed E-state index contributed by atoms with van der Waals surface area (Å²) in [7, 11) is 0. The van der Waals surface area contributed by atoms with Crippen LogP contribution in [0.3, 0.4) is 0 Å². The van der Waals surface area contributed by atoms with Gasteiger partial charge in [-0.05, 0) is 43.7 Å². The van der Waals surface area contributed by atoms with Gasteiger partial charge in [-0.25, -0.2) is 0 Å². The van der Waals surface area contributed by atoms with Gasteiger partial charge in [-0.3, -0.25) is 4.98 Å². The number of benzene rings is 1. The van der Waals surface area contributed by atoms with Crippen LogP contribution in [0.1, 0.15) is 31.0 Å². The number of aromatic nitrogens is 1. The zero-order chi connectivity index (χ0) is 11.7. The van der Waals surface area contributed by atoms with E-state index in [0.717, 1.165) is 28.8 Å². The first-order valence-corrected chi connectivity index (χ1v) is 6.22. The number of hydrogen-bond donors (Lipinski definition) is 2. The van der Waals surface area contributed by atoms with Crippen molar-refractivity contribution in [3.05, 3.63) is 36.0 Å². The van der Waals surface area contributed by atoms with Gasteiger partial charge in [-0.15, -0.1) is 0 Å². The highest BCUT2D eigenvalue weighted by Gasteiger charge is 2.15. The van der Waals surface area contributed by atoms with Crippen molar-refractivity contribution in [2.75, 3.05) is 12.3 Å². The fraction of sp³-hybridized carbons (Fsp3) is 0.357. The van der Waals surface area contributed by atoms with E-state index < -0.39 is 0 Å². The molecule has 17 heavy (non-hydrogen) atoms. The molecule has 2 aromatic rings. The molecule has 1 aliphatic rings. The molecule has 0 bridgehead atoms. The van der Waals surface area contributed by atoms with Crippen LogP contribution in [-0.4, -0.2) is 11.5 Å². The van der Waals surface area contributed by atoms with Crippen molar-refractivity contribution in [3.63, 3.8) is 0 Å². The Labute approximate surface area is 101 Å². The molecule has 0 amide bonds. The minimum absolute atomic E-state index is 0.422. The summed E-state index contributed by atoms with van der Waals surface area (Å²) < 4.78 is 0. The summed E-state index contributed by atoms with van der Waals surface area (Å²) in [6, 6.07) is 10.5. The summed E-state index contributed by atoms with van der Waals surface area (Å²) in [6.45, 7) is 1.10. The molecule has 1 aromatic carbocycles. The van der Waals surface area contributed by atoms with Gasteiger partial charge in [0.1, 0.15) is 0 Å². The number of rotatable bonds is 1. The van der Waals surface area contributed by atoms with Crippen molar-refractivity contribution < 1.29 is 0 Å². The van der Waals surface area contributed by atoms with Crippen LogP contribution in [0.25, 0.3) is 10.9 Å². The molecule has 3 nitrogen and oxygen atoms in total. The highest BCUT2D eigenvalue weighted by molar-refractivity contribution is 5.82. The fourth-order valence-electron chi connectivity index (χ4n) is 2.46. The summed E-state index contributed by atoms with van der Waals surface area (Å²) in [6.07, 6.45) is 3.76. The maximum absolute atomic E-state index is 5.76. The third-order valence-corrected chi connectivity index (χ3v) is 3.40. The maximum atomic E-state index is 5.76. The smallest absolute Gasteiger partial charge is 0.0707 e. The lowest BCUT2D eigenvalue weighted by molar-refractivity contribution is 0.406. The van der Waals surface area contributed by atoms with Crippen LogP contribution in [-0.2, 0) is 0 Å². The van der Waals surface area contributed by atoms with Crippen molar-refractivity contribution in [2.45, 2.75) is 25.3 Å². The average Bonchev–Trinajstić information content (AvgIpc) is 2.39. The van der Waals surface area contributed by atoms with Gasteiger partial charge >= 0.3 is 0 Å². The predicted molar refractivity (Wildman–Crippen MR) is 70.8 cm³/mol. The number of piperidine rings is 1. The number of nitrogen functional groups attached to an aromatic ring is 1. The minimum Gasteiger partial charge on any atom is -0.399 e. The Morgan fingerprint density at radius 3 is 2.94 bits per heavy atom. The summed E-state index contributed by atoms with van der Waals surface area (Å²) in [5.41, 5.74) is 8.75. The van der Waals surface area contributed by atoms with Crippen molar-refractivity contribution in [1.82, 2.24) is 10.3 Å². The van der Waals surface area contributed by atoms with Gasteiger partial charge < -0.3 is 11.1 Å². The average molecular weight is 227 g/mol. The van der Waals surface area contributed by atoms with Crippen molar-refractivity contribution in [1.29, 1.82) is 0 Å². The normalized spacial score (nSPS) is 20.6. The maximum Gasteiger partial charge on any atom is 0.0707 e. The second kappa shape index (κ2) is 4.34. The number of pyridine rings is 1. The topological polar surface area (TPSA) is 50.9 Å². The van der Waals surface area contributed by atoms with E-state index in [1.54, 1.807) is 0 Å². The van der Waals surface area contributed by atoms with E-state index in [9.17, 15) is 0 Å². The first-order chi connectivity index (χ1) is 8.33. The Balaban J connectivity index is 1.98. The van der Waals surface area contributed by atoms with Crippen molar-refractivity contribution in [3.8, 4) is 0 Å². The molecule has 1 fully saturated rings. The van der Waals surface area contributed by atoms with Gasteiger partial charge in [0.15, 0.2) is 0 Å². The summed E-state index contributed by atoms with van der Waals surface area (Å²) >= 11 is 0. The highest BCUT2D eigenvalue weighted by Crippen LogP contribution is 2.24. The largest absolute Gasteiger partial charge is 0.399 e. The molecule has 1 aliphatic heterocycles. The molecule has 0 radical (unpaired) electrons. The molecule has 3 rings (SSSR count). The second-order valence-corrected chi connectivity index (χ2v) is 4.69. The third-order valence-electron chi connectivity index (χ3n) is 3.40. The predicted octanol–water partition coefficient (Wildman–Crippen LogP) is 2.63. The van der Waals surface area contributed by atoms with Crippen molar-refractivity contribution in [2.24, 2.45) is 0 Å². The van der Waals surface area contributed by atoms with Crippen LogP contribution in [0, 0.1) is 0 Å². The standard InChI is InChI=1S/C14H17N3/c15-11-5-7-12-10(9-11)4-6-14(17-12)13-3-1-2-8-16-13/h4-7,9,13,16H,1-3,8,15H2. The lowest BCUT2D eigenvalue weighted by Gasteiger charge is -2.23. The quantitative estimate of drug-likeness (QED) is 0.736. The number of fused-ring (bicyclic) bond motifs is 1. The Morgan fingerprint density at radius 1 is 1.18 bits per heavy atom. The van der Waals surface area contributed by atoms with Crippen LogP contribution in [0.4, 0.5) is 5.69 Å². The monoisotopic (exact) mass is 227 g/mol. The van der Waals surface area contributed by atoms with Crippen LogP contribution in [0.15, 0.2) is 30.3 Å². The van der Waals surface area contributed by atoms with E-state index in [0.29, 0.717) is 6.04 Å². The number of anilines is 1. The van der Waals surface area contributed by atoms with Gasteiger partial charge in [0, 0.05) is 17.1 Å². The zero-order valence-corrected chi connectivity index (χ0v) is 9.82. The Bertz CT molecular complexity index is 530. The first-order valence-electron chi connectivity index (χ1n) is 6.22. The lowest BCUT2D eigenvalue weighted by Crippen LogP contribution is -2.27. The van der Waals surface area contributed by atoms with E-state index in [2.05, 4.69) is 17.4 Å². The molecule has 0 saturated carbocycles. The number of nitrogens with one attached hydrogen (secondary N) is 1. The number of nitrogens with two attached hydrogens (primary N) is 1. The van der Waals surface area contributed by atoms with Crippen molar-refractivity contribution >= 4 is 16.6 Å².